The van der Waals surface area contributed by atoms with Crippen molar-refractivity contribution in [2.45, 2.75) is 6.42 Å². The largest absolute Gasteiger partial charge is 0.497 e. The first kappa shape index (κ1) is 24.9. The first-order valence-electron chi connectivity index (χ1n) is 11.1. The number of methoxy groups -OCH3 is 1. The van der Waals surface area contributed by atoms with Gasteiger partial charge in [0.05, 0.1) is 18.6 Å². The van der Waals surface area contributed by atoms with Crippen molar-refractivity contribution in [2.24, 2.45) is 5.92 Å². The van der Waals surface area contributed by atoms with Crippen LogP contribution in [-0.4, -0.2) is 43.9 Å². The monoisotopic (exact) mass is 507 g/mol. The smallest absolute Gasteiger partial charge is 0.343 e. The molecule has 1 fully saturated rings. The maximum atomic E-state index is 12.5. The highest BCUT2D eigenvalue weighted by molar-refractivity contribution is 6.31. The number of rotatable bonds is 8. The highest BCUT2D eigenvalue weighted by atomic mass is 35.5. The quantitative estimate of drug-likeness (QED) is 0.254. The van der Waals surface area contributed by atoms with Gasteiger partial charge in [-0.3, -0.25) is 14.4 Å². The van der Waals surface area contributed by atoms with E-state index in [1.807, 2.05) is 0 Å². The first-order valence-corrected chi connectivity index (χ1v) is 11.4. The van der Waals surface area contributed by atoms with E-state index < -0.39 is 30.2 Å². The molecule has 1 heterocycles. The van der Waals surface area contributed by atoms with Crippen molar-refractivity contribution in [3.05, 3.63) is 88.9 Å². The van der Waals surface area contributed by atoms with Gasteiger partial charge in [0.25, 0.3) is 0 Å². The predicted octanol–water partition coefficient (Wildman–Crippen LogP) is 4.35. The van der Waals surface area contributed by atoms with E-state index in [9.17, 15) is 19.2 Å². The fraction of sp³-hybridized carbons (Fsp3) is 0.185. The second kappa shape index (κ2) is 11.0. The van der Waals surface area contributed by atoms with Crippen LogP contribution in [0.2, 0.25) is 5.02 Å². The third-order valence-corrected chi connectivity index (χ3v) is 5.85. The number of carbonyl (C=O) groups is 4. The van der Waals surface area contributed by atoms with E-state index in [2.05, 4.69) is 0 Å². The van der Waals surface area contributed by atoms with Crippen LogP contribution in [0.1, 0.15) is 27.1 Å². The Labute approximate surface area is 212 Å². The van der Waals surface area contributed by atoms with Crippen molar-refractivity contribution in [3.8, 4) is 11.5 Å². The van der Waals surface area contributed by atoms with Gasteiger partial charge in [-0.05, 0) is 60.7 Å². The number of hydrogen-bond acceptors (Lipinski definition) is 7. The standard InChI is InChI=1S/C27H22ClNO7/c1-34-23-7-2-4-18(12-23)27(33)36-22-10-8-17(9-11-22)24(30)16-35-26(32)19-13-25(31)29(15-19)21-6-3-5-20(28)14-21/h2-12,14,19H,13,15-16H2,1H3/t19-/m1/s1. The maximum Gasteiger partial charge on any atom is 0.343 e. The molecule has 1 amide bonds. The lowest BCUT2D eigenvalue weighted by Crippen LogP contribution is -2.27. The highest BCUT2D eigenvalue weighted by Gasteiger charge is 2.36. The Hall–Kier alpha value is -4.17. The molecule has 9 heteroatoms. The van der Waals surface area contributed by atoms with Gasteiger partial charge in [0.1, 0.15) is 11.5 Å². The molecule has 0 N–H and O–H groups in total. The summed E-state index contributed by atoms with van der Waals surface area (Å²) in [5.74, 6) is -1.73. The van der Waals surface area contributed by atoms with Gasteiger partial charge in [-0.1, -0.05) is 23.7 Å². The van der Waals surface area contributed by atoms with Crippen LogP contribution in [0.4, 0.5) is 5.69 Å². The van der Waals surface area contributed by atoms with E-state index in [-0.39, 0.29) is 30.2 Å². The van der Waals surface area contributed by atoms with Crippen LogP contribution >= 0.6 is 11.6 Å². The summed E-state index contributed by atoms with van der Waals surface area (Å²) in [4.78, 5) is 51.1. The van der Waals surface area contributed by atoms with Crippen molar-refractivity contribution in [1.29, 1.82) is 0 Å². The van der Waals surface area contributed by atoms with E-state index >= 15 is 0 Å². The number of ether oxygens (including phenoxy) is 3. The lowest BCUT2D eigenvalue weighted by atomic mass is 10.1. The molecule has 0 aromatic heterocycles. The Bertz CT molecular complexity index is 1310. The van der Waals surface area contributed by atoms with E-state index in [1.54, 1.807) is 48.5 Å². The molecule has 1 aliphatic heterocycles. The number of Topliss-reactive ketones (excluding diaryl/α,β-unsaturated/α-hetero) is 1. The third-order valence-electron chi connectivity index (χ3n) is 5.62. The molecule has 4 rings (SSSR count). The van der Waals surface area contributed by atoms with E-state index in [1.165, 1.54) is 36.3 Å². The minimum Gasteiger partial charge on any atom is -0.497 e. The molecule has 0 radical (unpaired) electrons. The van der Waals surface area contributed by atoms with Crippen LogP contribution in [0.5, 0.6) is 11.5 Å². The molecule has 0 saturated carbocycles. The molecule has 0 bridgehead atoms. The van der Waals surface area contributed by atoms with Crippen LogP contribution in [0.25, 0.3) is 0 Å². The highest BCUT2D eigenvalue weighted by Crippen LogP contribution is 2.28. The zero-order valence-corrected chi connectivity index (χ0v) is 20.1. The maximum absolute atomic E-state index is 12.5. The van der Waals surface area contributed by atoms with Crippen LogP contribution < -0.4 is 14.4 Å². The predicted molar refractivity (Wildman–Crippen MR) is 132 cm³/mol. The summed E-state index contributed by atoms with van der Waals surface area (Å²) in [5, 5.41) is 0.484. The molecular formula is C27H22ClNO7. The average Bonchev–Trinajstić information content (AvgIpc) is 3.29. The number of ketones is 1. The van der Waals surface area contributed by atoms with Gasteiger partial charge in [0.15, 0.2) is 12.4 Å². The van der Waals surface area contributed by atoms with Crippen molar-refractivity contribution in [2.75, 3.05) is 25.2 Å². The summed E-state index contributed by atoms with van der Waals surface area (Å²) >= 11 is 5.99. The molecule has 36 heavy (non-hydrogen) atoms. The molecule has 184 valence electrons. The molecule has 1 atom stereocenters. The molecule has 0 aliphatic carbocycles. The number of anilines is 1. The minimum atomic E-state index is -0.678. The fourth-order valence-electron chi connectivity index (χ4n) is 3.72. The number of hydrogen-bond donors (Lipinski definition) is 0. The van der Waals surface area contributed by atoms with Gasteiger partial charge in [-0.15, -0.1) is 0 Å². The van der Waals surface area contributed by atoms with Crippen molar-refractivity contribution in [1.82, 2.24) is 0 Å². The molecule has 3 aromatic carbocycles. The van der Waals surface area contributed by atoms with Crippen LogP contribution in [0, 0.1) is 5.92 Å². The van der Waals surface area contributed by atoms with Gasteiger partial charge in [0.2, 0.25) is 5.91 Å². The topological polar surface area (TPSA) is 99.2 Å². The van der Waals surface area contributed by atoms with Gasteiger partial charge in [-0.25, -0.2) is 4.79 Å². The van der Waals surface area contributed by atoms with Crippen LogP contribution in [-0.2, 0) is 14.3 Å². The molecule has 0 unspecified atom stereocenters. The van der Waals surface area contributed by atoms with Crippen LogP contribution in [0.3, 0.4) is 0 Å². The minimum absolute atomic E-state index is 0.00705. The number of halogens is 1. The molecule has 1 saturated heterocycles. The van der Waals surface area contributed by atoms with Crippen molar-refractivity contribution in [3.63, 3.8) is 0 Å². The zero-order chi connectivity index (χ0) is 25.7. The number of nitrogens with zero attached hydrogens (tertiary/aromatic N) is 1. The Morgan fingerprint density at radius 1 is 0.944 bits per heavy atom. The van der Waals surface area contributed by atoms with Gasteiger partial charge in [-0.2, -0.15) is 0 Å². The summed E-state index contributed by atoms with van der Waals surface area (Å²) in [6.07, 6.45) is -0.00705. The molecule has 1 aliphatic rings. The Morgan fingerprint density at radius 3 is 2.42 bits per heavy atom. The zero-order valence-electron chi connectivity index (χ0n) is 19.3. The number of esters is 2. The van der Waals surface area contributed by atoms with E-state index in [0.29, 0.717) is 22.0 Å². The average molecular weight is 508 g/mol. The SMILES string of the molecule is COc1cccc(C(=O)Oc2ccc(C(=O)COC(=O)[C@@H]3CC(=O)N(c4cccc(Cl)c4)C3)cc2)c1. The summed E-state index contributed by atoms with van der Waals surface area (Å²) < 4.78 is 15.6. The second-order valence-corrected chi connectivity index (χ2v) is 8.50. The summed E-state index contributed by atoms with van der Waals surface area (Å²) in [5.41, 5.74) is 1.21. The Morgan fingerprint density at radius 2 is 1.69 bits per heavy atom. The summed E-state index contributed by atoms with van der Waals surface area (Å²) in [7, 11) is 1.50. The summed E-state index contributed by atoms with van der Waals surface area (Å²) in [6.45, 7) is -0.316. The van der Waals surface area contributed by atoms with Gasteiger partial charge in [0, 0.05) is 29.2 Å². The Kier molecular flexibility index (Phi) is 7.65. The molecule has 8 nitrogen and oxygen atoms in total. The molecule has 0 spiro atoms. The summed E-state index contributed by atoms with van der Waals surface area (Å²) in [6, 6.07) is 19.3. The third kappa shape index (κ3) is 5.90. The van der Waals surface area contributed by atoms with Gasteiger partial charge >= 0.3 is 11.9 Å². The van der Waals surface area contributed by atoms with E-state index in [0.717, 1.165) is 0 Å². The van der Waals surface area contributed by atoms with Crippen molar-refractivity contribution < 1.29 is 33.4 Å². The number of amides is 1. The Balaban J connectivity index is 1.29. The lowest BCUT2D eigenvalue weighted by Gasteiger charge is -2.16. The first-order chi connectivity index (χ1) is 17.3. The molecular weight excluding hydrogens is 486 g/mol. The number of benzene rings is 3. The van der Waals surface area contributed by atoms with Crippen LogP contribution in [0.15, 0.2) is 72.8 Å². The normalized spacial score (nSPS) is 14.9. The van der Waals surface area contributed by atoms with Gasteiger partial charge < -0.3 is 19.1 Å². The van der Waals surface area contributed by atoms with E-state index in [4.69, 9.17) is 25.8 Å². The fourth-order valence-corrected chi connectivity index (χ4v) is 3.91. The molecule has 3 aromatic rings. The number of carbonyl (C=O) groups excluding carboxylic acids is 4. The lowest BCUT2D eigenvalue weighted by molar-refractivity contribution is -0.147. The second-order valence-electron chi connectivity index (χ2n) is 8.06. The van der Waals surface area contributed by atoms with Crippen molar-refractivity contribution >= 4 is 40.9 Å².